The number of aryl methyl sites for hydroxylation is 2. The maximum Gasteiger partial charge on any atom is 0.156 e. The second kappa shape index (κ2) is 12.6. The van der Waals surface area contributed by atoms with Gasteiger partial charge in [0.1, 0.15) is 25.2 Å². The highest BCUT2D eigenvalue weighted by atomic mass is 35.5. The summed E-state index contributed by atoms with van der Waals surface area (Å²) in [5.74, 6) is 0.723. The SMILES string of the molecule is Cc1cc(Cl)c(OCCOc2ccc(CC(C=O)C(N)N3CCCc4cc(Cl)cc(Cl)c43)cc2)c(Cl)c1. The number of fused-ring (bicyclic) bond motifs is 1. The van der Waals surface area contributed by atoms with Crippen molar-refractivity contribution in [2.45, 2.75) is 32.4 Å². The summed E-state index contributed by atoms with van der Waals surface area (Å²) in [7, 11) is 0. The fraction of sp³-hybridized carbons (Fsp3) is 0.321. The van der Waals surface area contributed by atoms with Crippen LogP contribution in [0.15, 0.2) is 48.5 Å². The van der Waals surface area contributed by atoms with Crippen molar-refractivity contribution in [3.8, 4) is 11.5 Å². The summed E-state index contributed by atoms with van der Waals surface area (Å²) >= 11 is 25.1. The van der Waals surface area contributed by atoms with Crippen LogP contribution in [-0.4, -0.2) is 32.2 Å². The number of anilines is 1. The first-order valence-electron chi connectivity index (χ1n) is 12.0. The number of nitrogens with zero attached hydrogens (tertiary/aromatic N) is 1. The molecule has 5 nitrogen and oxygen atoms in total. The van der Waals surface area contributed by atoms with Gasteiger partial charge in [0.25, 0.3) is 0 Å². The fourth-order valence-electron chi connectivity index (χ4n) is 4.58. The smallest absolute Gasteiger partial charge is 0.156 e. The zero-order chi connectivity index (χ0) is 26.5. The molecule has 0 spiro atoms. The molecular weight excluding hydrogens is 554 g/mol. The average molecular weight is 582 g/mol. The Morgan fingerprint density at radius 2 is 1.65 bits per heavy atom. The number of benzene rings is 3. The molecule has 0 aromatic heterocycles. The summed E-state index contributed by atoms with van der Waals surface area (Å²) in [6.07, 6.45) is 2.70. The van der Waals surface area contributed by atoms with E-state index in [1.807, 2.05) is 42.2 Å². The summed E-state index contributed by atoms with van der Waals surface area (Å²) in [4.78, 5) is 14.1. The third kappa shape index (κ3) is 6.84. The minimum atomic E-state index is -0.510. The van der Waals surface area contributed by atoms with Crippen molar-refractivity contribution in [3.63, 3.8) is 0 Å². The van der Waals surface area contributed by atoms with Gasteiger partial charge in [0.15, 0.2) is 5.75 Å². The van der Waals surface area contributed by atoms with E-state index in [4.69, 9.17) is 61.6 Å². The standard InChI is InChI=1S/C28H28Cl4N2O3/c1-17-11-24(31)27(25(32)12-17)37-10-9-36-22-6-4-18(5-7-22)13-20(16-35)28(33)34-8-2-3-19-14-21(29)15-23(30)26(19)34/h4-7,11-12,14-16,20,28H,2-3,8-10,13,33H2,1H3. The normalized spacial score (nSPS) is 14.6. The second-order valence-corrected chi connectivity index (χ2v) is 10.7. The molecule has 1 aliphatic heterocycles. The molecule has 3 aromatic rings. The van der Waals surface area contributed by atoms with E-state index in [9.17, 15) is 4.79 Å². The number of halogens is 4. The molecule has 196 valence electrons. The van der Waals surface area contributed by atoms with Crippen LogP contribution in [0, 0.1) is 12.8 Å². The van der Waals surface area contributed by atoms with Crippen molar-refractivity contribution in [2.75, 3.05) is 24.7 Å². The Hall–Kier alpha value is -2.15. The molecule has 1 aliphatic rings. The minimum absolute atomic E-state index is 0.289. The number of hydrogen-bond donors (Lipinski definition) is 1. The van der Waals surface area contributed by atoms with Crippen molar-refractivity contribution >= 4 is 58.4 Å². The Labute approximate surface area is 237 Å². The van der Waals surface area contributed by atoms with E-state index in [1.54, 1.807) is 18.2 Å². The highest BCUT2D eigenvalue weighted by Gasteiger charge is 2.30. The van der Waals surface area contributed by atoms with Crippen LogP contribution in [0.5, 0.6) is 11.5 Å². The number of nitrogens with two attached hydrogens (primary N) is 1. The first-order chi connectivity index (χ1) is 17.8. The molecule has 1 heterocycles. The first kappa shape index (κ1) is 27.9. The molecule has 4 rings (SSSR count). The van der Waals surface area contributed by atoms with Gasteiger partial charge in [-0.1, -0.05) is 58.5 Å². The van der Waals surface area contributed by atoms with Gasteiger partial charge >= 0.3 is 0 Å². The molecule has 0 radical (unpaired) electrons. The summed E-state index contributed by atoms with van der Waals surface area (Å²) < 4.78 is 11.5. The van der Waals surface area contributed by atoms with Crippen LogP contribution in [0.3, 0.4) is 0 Å². The number of aldehydes is 1. The predicted octanol–water partition coefficient (Wildman–Crippen LogP) is 7.16. The first-order valence-corrected chi connectivity index (χ1v) is 13.5. The molecule has 2 unspecified atom stereocenters. The lowest BCUT2D eigenvalue weighted by Crippen LogP contribution is -2.50. The Morgan fingerprint density at radius 1 is 0.973 bits per heavy atom. The quantitative estimate of drug-likeness (QED) is 0.203. The molecule has 0 fully saturated rings. The molecule has 2 atom stereocenters. The lowest BCUT2D eigenvalue weighted by Gasteiger charge is -2.39. The Balaban J connectivity index is 1.33. The van der Waals surface area contributed by atoms with Gasteiger partial charge in [-0.2, -0.15) is 0 Å². The molecule has 9 heteroatoms. The van der Waals surface area contributed by atoms with Gasteiger partial charge in [0.2, 0.25) is 0 Å². The monoisotopic (exact) mass is 580 g/mol. The van der Waals surface area contributed by atoms with Gasteiger partial charge < -0.3 is 24.9 Å². The van der Waals surface area contributed by atoms with Gasteiger partial charge in [-0.15, -0.1) is 0 Å². The van der Waals surface area contributed by atoms with Crippen LogP contribution in [0.4, 0.5) is 5.69 Å². The largest absolute Gasteiger partial charge is 0.490 e. The molecule has 37 heavy (non-hydrogen) atoms. The number of ether oxygens (including phenoxy) is 2. The zero-order valence-corrected chi connectivity index (χ0v) is 23.4. The number of hydrogen-bond acceptors (Lipinski definition) is 5. The molecule has 0 amide bonds. The van der Waals surface area contributed by atoms with E-state index in [0.717, 1.165) is 48.1 Å². The third-order valence-electron chi connectivity index (χ3n) is 6.35. The van der Waals surface area contributed by atoms with E-state index in [-0.39, 0.29) is 6.61 Å². The van der Waals surface area contributed by atoms with Crippen LogP contribution < -0.4 is 20.1 Å². The highest BCUT2D eigenvalue weighted by Crippen LogP contribution is 2.38. The van der Waals surface area contributed by atoms with Gasteiger partial charge in [0.05, 0.1) is 32.8 Å². The Bertz CT molecular complexity index is 1230. The van der Waals surface area contributed by atoms with Crippen molar-refractivity contribution in [2.24, 2.45) is 11.7 Å². The minimum Gasteiger partial charge on any atom is -0.490 e. The van der Waals surface area contributed by atoms with Crippen molar-refractivity contribution in [3.05, 3.63) is 85.3 Å². The Kier molecular flexibility index (Phi) is 9.49. The van der Waals surface area contributed by atoms with Gasteiger partial charge in [-0.25, -0.2) is 0 Å². The summed E-state index contributed by atoms with van der Waals surface area (Å²) in [5, 5.41) is 2.09. The van der Waals surface area contributed by atoms with Crippen LogP contribution in [-0.2, 0) is 17.6 Å². The van der Waals surface area contributed by atoms with Gasteiger partial charge in [-0.3, -0.25) is 0 Å². The van der Waals surface area contributed by atoms with Crippen molar-refractivity contribution in [1.82, 2.24) is 0 Å². The van der Waals surface area contributed by atoms with Crippen molar-refractivity contribution in [1.29, 1.82) is 0 Å². The molecule has 0 saturated heterocycles. The Morgan fingerprint density at radius 3 is 2.32 bits per heavy atom. The van der Waals surface area contributed by atoms with Crippen molar-refractivity contribution < 1.29 is 14.3 Å². The second-order valence-electron chi connectivity index (χ2n) is 9.09. The fourth-order valence-corrected chi connectivity index (χ4v) is 5.93. The lowest BCUT2D eigenvalue weighted by atomic mass is 9.94. The van der Waals surface area contributed by atoms with Crippen LogP contribution in [0.25, 0.3) is 0 Å². The topological polar surface area (TPSA) is 64.8 Å². The summed E-state index contributed by atoms with van der Waals surface area (Å²) in [5.41, 5.74) is 10.5. The molecular formula is C28H28Cl4N2O3. The van der Waals surface area contributed by atoms with Crippen LogP contribution in [0.1, 0.15) is 23.1 Å². The van der Waals surface area contributed by atoms with Gasteiger partial charge in [-0.05, 0) is 79.3 Å². The van der Waals surface area contributed by atoms with Crippen LogP contribution in [0.2, 0.25) is 20.1 Å². The molecule has 0 bridgehead atoms. The average Bonchev–Trinajstić information content (AvgIpc) is 2.86. The van der Waals surface area contributed by atoms with Crippen LogP contribution >= 0.6 is 46.4 Å². The van der Waals surface area contributed by atoms with Gasteiger partial charge in [0, 0.05) is 11.6 Å². The number of carbonyl (C=O) groups is 1. The number of rotatable bonds is 10. The maximum absolute atomic E-state index is 12.1. The van der Waals surface area contributed by atoms with E-state index < -0.39 is 12.1 Å². The third-order valence-corrected chi connectivity index (χ3v) is 7.42. The van der Waals surface area contributed by atoms with E-state index >= 15 is 0 Å². The summed E-state index contributed by atoms with van der Waals surface area (Å²) in [6.45, 7) is 3.25. The molecule has 3 aromatic carbocycles. The zero-order valence-electron chi connectivity index (χ0n) is 20.4. The van der Waals surface area contributed by atoms with E-state index in [1.165, 1.54) is 0 Å². The molecule has 2 N–H and O–H groups in total. The molecule has 0 saturated carbocycles. The maximum atomic E-state index is 12.1. The highest BCUT2D eigenvalue weighted by molar-refractivity contribution is 6.37. The van der Waals surface area contributed by atoms with E-state index in [2.05, 4.69) is 0 Å². The number of carbonyl (C=O) groups excluding carboxylic acids is 1. The summed E-state index contributed by atoms with van der Waals surface area (Å²) in [6, 6.07) is 14.8. The molecule has 0 aliphatic carbocycles. The van der Waals surface area contributed by atoms with E-state index in [0.29, 0.717) is 44.6 Å². The lowest BCUT2D eigenvalue weighted by molar-refractivity contribution is -0.111. The predicted molar refractivity (Wildman–Crippen MR) is 152 cm³/mol.